The molecule has 4 rings (SSSR count). The maximum absolute atomic E-state index is 13.2. The molecule has 1 aromatic heterocycles. The monoisotopic (exact) mass is 365 g/mol. The lowest BCUT2D eigenvalue weighted by atomic mass is 10.1. The lowest BCUT2D eigenvalue weighted by molar-refractivity contribution is 0.0767. The predicted octanol–water partition coefficient (Wildman–Crippen LogP) is 2.76. The molecule has 1 aliphatic heterocycles. The first-order valence-corrected chi connectivity index (χ1v) is 8.96. The largest absolute Gasteiger partial charge is 0.370 e. The molecule has 0 saturated carbocycles. The van der Waals surface area contributed by atoms with Crippen LogP contribution >= 0.6 is 0 Å². The average molecular weight is 365 g/mol. The van der Waals surface area contributed by atoms with Crippen LogP contribution in [0.5, 0.6) is 0 Å². The molecule has 7 heteroatoms. The number of nitrogens with zero attached hydrogens (tertiary/aromatic N) is 5. The van der Waals surface area contributed by atoms with E-state index < -0.39 is 0 Å². The van der Waals surface area contributed by atoms with Gasteiger partial charge in [-0.15, -0.1) is 10.2 Å². The first kappa shape index (κ1) is 17.2. The second-order valence-electron chi connectivity index (χ2n) is 6.50. The highest BCUT2D eigenvalue weighted by molar-refractivity contribution is 5.97. The summed E-state index contributed by atoms with van der Waals surface area (Å²) in [5.41, 5.74) is 2.38. The lowest BCUT2D eigenvalue weighted by Crippen LogP contribution is -2.35. The van der Waals surface area contributed by atoms with Crippen molar-refractivity contribution in [3.8, 4) is 5.69 Å². The van der Waals surface area contributed by atoms with E-state index in [2.05, 4.69) is 15.1 Å². The molecular weight excluding hydrogens is 345 g/mol. The Morgan fingerprint density at radius 1 is 0.889 bits per heavy atom. The number of hydrogen-bond acceptors (Lipinski definition) is 4. The Bertz CT molecular complexity index is 910. The summed E-state index contributed by atoms with van der Waals surface area (Å²) in [6.07, 6.45) is 4.04. The van der Waals surface area contributed by atoms with Gasteiger partial charge in [0.1, 0.15) is 18.5 Å². The van der Waals surface area contributed by atoms with E-state index >= 15 is 0 Å². The highest BCUT2D eigenvalue weighted by Crippen LogP contribution is 2.20. The molecule has 0 N–H and O–H groups in total. The molecule has 0 atom stereocenters. The fourth-order valence-corrected chi connectivity index (χ4v) is 3.41. The molecule has 0 radical (unpaired) electrons. The van der Waals surface area contributed by atoms with Gasteiger partial charge in [-0.2, -0.15) is 0 Å². The molecule has 2 heterocycles. The zero-order valence-corrected chi connectivity index (χ0v) is 14.8. The van der Waals surface area contributed by atoms with Crippen LogP contribution in [-0.4, -0.2) is 51.8 Å². The number of aromatic nitrogens is 3. The normalized spacial score (nSPS) is 14.9. The van der Waals surface area contributed by atoms with Crippen LogP contribution in [0.15, 0.2) is 61.2 Å². The van der Waals surface area contributed by atoms with E-state index in [1.54, 1.807) is 29.4 Å². The first-order chi connectivity index (χ1) is 13.2. The van der Waals surface area contributed by atoms with Crippen molar-refractivity contribution in [1.82, 2.24) is 19.7 Å². The summed E-state index contributed by atoms with van der Waals surface area (Å²) in [5.74, 6) is -0.240. The van der Waals surface area contributed by atoms with E-state index in [-0.39, 0.29) is 11.7 Å². The molecule has 3 aromatic rings. The Kier molecular flexibility index (Phi) is 4.82. The van der Waals surface area contributed by atoms with E-state index in [4.69, 9.17) is 0 Å². The van der Waals surface area contributed by atoms with Crippen molar-refractivity contribution in [2.75, 3.05) is 31.1 Å². The molecule has 1 fully saturated rings. The van der Waals surface area contributed by atoms with Gasteiger partial charge in [0.15, 0.2) is 0 Å². The Labute approximate surface area is 156 Å². The van der Waals surface area contributed by atoms with Crippen LogP contribution in [0, 0.1) is 5.82 Å². The second-order valence-corrected chi connectivity index (χ2v) is 6.50. The quantitative estimate of drug-likeness (QED) is 0.716. The minimum absolute atomic E-state index is 0.000237. The van der Waals surface area contributed by atoms with Gasteiger partial charge in [0.2, 0.25) is 0 Å². The van der Waals surface area contributed by atoms with Crippen LogP contribution in [0.2, 0.25) is 0 Å². The molecule has 1 aliphatic rings. The van der Waals surface area contributed by atoms with Gasteiger partial charge in [-0.3, -0.25) is 9.36 Å². The molecular formula is C20H20FN5O. The molecule has 0 unspecified atom stereocenters. The zero-order valence-electron chi connectivity index (χ0n) is 14.8. The molecule has 6 nitrogen and oxygen atoms in total. The Morgan fingerprint density at radius 3 is 2.41 bits per heavy atom. The minimum Gasteiger partial charge on any atom is -0.370 e. The van der Waals surface area contributed by atoms with Gasteiger partial charge in [0.05, 0.1) is 11.3 Å². The summed E-state index contributed by atoms with van der Waals surface area (Å²) in [6.45, 7) is 2.86. The number of amides is 1. The van der Waals surface area contributed by atoms with Gasteiger partial charge in [-0.05, 0) is 42.8 Å². The van der Waals surface area contributed by atoms with Crippen LogP contribution in [0.3, 0.4) is 0 Å². The number of carbonyl (C=O) groups is 1. The summed E-state index contributed by atoms with van der Waals surface area (Å²) in [4.78, 5) is 17.2. The summed E-state index contributed by atoms with van der Waals surface area (Å²) < 4.78 is 14.9. The van der Waals surface area contributed by atoms with E-state index in [0.717, 1.165) is 24.3 Å². The van der Waals surface area contributed by atoms with E-state index in [0.29, 0.717) is 25.2 Å². The Morgan fingerprint density at radius 2 is 1.63 bits per heavy atom. The van der Waals surface area contributed by atoms with Crippen molar-refractivity contribution in [1.29, 1.82) is 0 Å². The van der Waals surface area contributed by atoms with Crippen LogP contribution in [0.1, 0.15) is 16.8 Å². The highest BCUT2D eigenvalue weighted by atomic mass is 19.1. The second kappa shape index (κ2) is 7.57. The number of carbonyl (C=O) groups excluding carboxylic acids is 1. The third-order valence-corrected chi connectivity index (χ3v) is 4.81. The number of para-hydroxylation sites is 1. The maximum Gasteiger partial charge on any atom is 0.256 e. The van der Waals surface area contributed by atoms with Gasteiger partial charge in [-0.25, -0.2) is 4.39 Å². The SMILES string of the molecule is O=C(c1ccccc1-n1cnnc1)N1CCCN(c2ccc(F)cc2)CC1. The van der Waals surface area contributed by atoms with E-state index in [9.17, 15) is 9.18 Å². The Balaban J connectivity index is 1.52. The van der Waals surface area contributed by atoms with Gasteiger partial charge in [0.25, 0.3) is 5.91 Å². The van der Waals surface area contributed by atoms with Gasteiger partial charge in [0, 0.05) is 31.9 Å². The maximum atomic E-state index is 13.2. The first-order valence-electron chi connectivity index (χ1n) is 8.96. The van der Waals surface area contributed by atoms with Crippen molar-refractivity contribution in [2.45, 2.75) is 6.42 Å². The van der Waals surface area contributed by atoms with Gasteiger partial charge in [-0.1, -0.05) is 12.1 Å². The number of halogens is 1. The summed E-state index contributed by atoms with van der Waals surface area (Å²) in [7, 11) is 0. The Hall–Kier alpha value is -3.22. The number of rotatable bonds is 3. The smallest absolute Gasteiger partial charge is 0.256 e. The highest BCUT2D eigenvalue weighted by Gasteiger charge is 2.22. The molecule has 1 saturated heterocycles. The third kappa shape index (κ3) is 3.67. The fraction of sp³-hybridized carbons (Fsp3) is 0.250. The third-order valence-electron chi connectivity index (χ3n) is 4.81. The number of hydrogen-bond donors (Lipinski definition) is 0. The van der Waals surface area contributed by atoms with Crippen molar-refractivity contribution in [3.05, 3.63) is 72.6 Å². The fourth-order valence-electron chi connectivity index (χ4n) is 3.41. The van der Waals surface area contributed by atoms with Gasteiger partial charge >= 0.3 is 0 Å². The number of anilines is 1. The van der Waals surface area contributed by atoms with Crippen molar-refractivity contribution < 1.29 is 9.18 Å². The summed E-state index contributed by atoms with van der Waals surface area (Å²) >= 11 is 0. The van der Waals surface area contributed by atoms with Crippen LogP contribution in [0.4, 0.5) is 10.1 Å². The molecule has 138 valence electrons. The van der Waals surface area contributed by atoms with Crippen LogP contribution in [-0.2, 0) is 0 Å². The van der Waals surface area contributed by atoms with Crippen molar-refractivity contribution in [2.24, 2.45) is 0 Å². The van der Waals surface area contributed by atoms with Gasteiger partial charge < -0.3 is 9.80 Å². The van der Waals surface area contributed by atoms with Crippen molar-refractivity contribution >= 4 is 11.6 Å². The van der Waals surface area contributed by atoms with E-state index in [1.807, 2.05) is 29.2 Å². The predicted molar refractivity (Wildman–Crippen MR) is 100 cm³/mol. The molecule has 2 aromatic carbocycles. The molecule has 1 amide bonds. The average Bonchev–Trinajstić information content (AvgIpc) is 3.13. The summed E-state index contributed by atoms with van der Waals surface area (Å²) in [5, 5.41) is 7.66. The minimum atomic E-state index is -0.240. The van der Waals surface area contributed by atoms with Crippen LogP contribution in [0.25, 0.3) is 5.69 Å². The lowest BCUT2D eigenvalue weighted by Gasteiger charge is -2.24. The van der Waals surface area contributed by atoms with Crippen molar-refractivity contribution in [3.63, 3.8) is 0 Å². The van der Waals surface area contributed by atoms with Crippen LogP contribution < -0.4 is 4.90 Å². The zero-order chi connectivity index (χ0) is 18.6. The van der Waals surface area contributed by atoms with E-state index in [1.165, 1.54) is 12.1 Å². The number of benzene rings is 2. The topological polar surface area (TPSA) is 54.3 Å². The molecule has 0 aliphatic carbocycles. The summed E-state index contributed by atoms with van der Waals surface area (Å²) in [6, 6.07) is 14.0. The molecule has 0 spiro atoms. The molecule has 0 bridgehead atoms. The standard InChI is InChI=1S/C20H20FN5O/c21-16-6-8-17(9-7-16)24-10-3-11-25(13-12-24)20(27)18-4-1-2-5-19(18)26-14-22-23-15-26/h1-2,4-9,14-15H,3,10-13H2. The molecule has 27 heavy (non-hydrogen) atoms.